The zero-order valence-corrected chi connectivity index (χ0v) is 12.7. The van der Waals surface area contributed by atoms with E-state index in [-0.39, 0.29) is 12.1 Å². The van der Waals surface area contributed by atoms with Gasteiger partial charge in [-0.25, -0.2) is 4.79 Å². The summed E-state index contributed by atoms with van der Waals surface area (Å²) in [5, 5.41) is 12.1. The van der Waals surface area contributed by atoms with Gasteiger partial charge in [-0.3, -0.25) is 4.79 Å². The number of amides is 1. The van der Waals surface area contributed by atoms with E-state index in [0.717, 1.165) is 0 Å². The topological polar surface area (TPSA) is 102 Å². The molecule has 0 spiro atoms. The number of carboxylic acids is 1. The maximum Gasteiger partial charge on any atom is 0.407 e. The third-order valence-electron chi connectivity index (χ3n) is 3.92. The molecule has 1 amide bonds. The van der Waals surface area contributed by atoms with Gasteiger partial charge in [0.2, 0.25) is 0 Å². The third-order valence-corrected chi connectivity index (χ3v) is 3.92. The largest absolute Gasteiger partial charge is 0.481 e. The predicted molar refractivity (Wildman–Crippen MR) is 75.3 cm³/mol. The van der Waals surface area contributed by atoms with Crippen LogP contribution in [0.25, 0.3) is 0 Å². The Labute approximate surface area is 120 Å². The lowest BCUT2D eigenvalue weighted by molar-refractivity contribution is -0.152. The first-order valence-electron chi connectivity index (χ1n) is 7.08. The molecule has 0 radical (unpaired) electrons. The van der Waals surface area contributed by atoms with Gasteiger partial charge in [0.1, 0.15) is 5.60 Å². The highest BCUT2D eigenvalue weighted by Gasteiger charge is 2.44. The van der Waals surface area contributed by atoms with E-state index < -0.39 is 23.1 Å². The molecule has 1 aliphatic carbocycles. The van der Waals surface area contributed by atoms with Crippen molar-refractivity contribution in [3.8, 4) is 0 Å². The van der Waals surface area contributed by atoms with E-state index in [1.54, 1.807) is 20.8 Å². The van der Waals surface area contributed by atoms with Crippen LogP contribution in [0.3, 0.4) is 0 Å². The number of ether oxygens (including phenoxy) is 1. The molecule has 0 aromatic carbocycles. The van der Waals surface area contributed by atoms with E-state index in [9.17, 15) is 14.7 Å². The van der Waals surface area contributed by atoms with Crippen LogP contribution in [0, 0.1) is 5.41 Å². The van der Waals surface area contributed by atoms with Gasteiger partial charge in [0.15, 0.2) is 0 Å². The van der Waals surface area contributed by atoms with Crippen molar-refractivity contribution in [1.29, 1.82) is 0 Å². The molecule has 1 saturated carbocycles. The zero-order chi connectivity index (χ0) is 15.6. The minimum absolute atomic E-state index is 0.235. The summed E-state index contributed by atoms with van der Waals surface area (Å²) in [6.07, 6.45) is 1.46. The van der Waals surface area contributed by atoms with Gasteiger partial charge in [0.25, 0.3) is 0 Å². The first kappa shape index (κ1) is 16.8. The fourth-order valence-electron chi connectivity index (χ4n) is 2.60. The average Bonchev–Trinajstić information content (AvgIpc) is 2.29. The molecule has 3 atom stereocenters. The molecule has 20 heavy (non-hydrogen) atoms. The van der Waals surface area contributed by atoms with Crippen LogP contribution in [0.4, 0.5) is 4.79 Å². The van der Waals surface area contributed by atoms with Crippen LogP contribution in [0.1, 0.15) is 53.4 Å². The molecule has 0 saturated heterocycles. The molecule has 6 heteroatoms. The summed E-state index contributed by atoms with van der Waals surface area (Å²) in [6, 6.07) is -0.601. The summed E-state index contributed by atoms with van der Waals surface area (Å²) in [4.78, 5) is 23.3. The number of aliphatic carboxylic acids is 1. The van der Waals surface area contributed by atoms with Crippen molar-refractivity contribution in [3.05, 3.63) is 0 Å². The maximum absolute atomic E-state index is 11.8. The SMILES string of the molecule is CC[C@]1(C(=O)O)CC[C@H](N)[C@H](NC(=O)OC(C)(C)C)C1. The Morgan fingerprint density at radius 3 is 2.50 bits per heavy atom. The number of nitrogens with two attached hydrogens (primary N) is 1. The first-order chi connectivity index (χ1) is 9.09. The van der Waals surface area contributed by atoms with E-state index >= 15 is 0 Å². The van der Waals surface area contributed by atoms with Crippen molar-refractivity contribution in [2.75, 3.05) is 0 Å². The van der Waals surface area contributed by atoms with E-state index in [1.165, 1.54) is 0 Å². The van der Waals surface area contributed by atoms with Crippen LogP contribution in [0.15, 0.2) is 0 Å². The van der Waals surface area contributed by atoms with Crippen LogP contribution in [-0.4, -0.2) is 34.9 Å². The molecule has 0 aromatic rings. The number of carboxylic acid groups (broad SMARTS) is 1. The molecule has 0 unspecified atom stereocenters. The maximum atomic E-state index is 11.8. The summed E-state index contributed by atoms with van der Waals surface area (Å²) in [5.41, 5.74) is 4.62. The zero-order valence-electron chi connectivity index (χ0n) is 12.7. The highest BCUT2D eigenvalue weighted by molar-refractivity contribution is 5.75. The normalized spacial score (nSPS) is 30.6. The highest BCUT2D eigenvalue weighted by Crippen LogP contribution is 2.39. The van der Waals surface area contributed by atoms with E-state index in [0.29, 0.717) is 25.7 Å². The number of hydrogen-bond donors (Lipinski definition) is 3. The van der Waals surface area contributed by atoms with Gasteiger partial charge in [-0.2, -0.15) is 0 Å². The Morgan fingerprint density at radius 2 is 2.05 bits per heavy atom. The summed E-state index contributed by atoms with van der Waals surface area (Å²) >= 11 is 0. The molecule has 1 rings (SSSR count). The number of nitrogens with one attached hydrogen (secondary N) is 1. The molecule has 0 bridgehead atoms. The Kier molecular flexibility index (Phi) is 5.02. The monoisotopic (exact) mass is 286 g/mol. The van der Waals surface area contributed by atoms with Crippen LogP contribution in [-0.2, 0) is 9.53 Å². The predicted octanol–water partition coefficient (Wildman–Crippen LogP) is 1.87. The summed E-state index contributed by atoms with van der Waals surface area (Å²) in [7, 11) is 0. The molecule has 1 aliphatic rings. The Bertz CT molecular complexity index is 378. The van der Waals surface area contributed by atoms with E-state index in [1.807, 2.05) is 6.92 Å². The molecular weight excluding hydrogens is 260 g/mol. The molecule has 0 aliphatic heterocycles. The van der Waals surface area contributed by atoms with Gasteiger partial charge in [0, 0.05) is 12.1 Å². The summed E-state index contributed by atoms with van der Waals surface area (Å²) in [6.45, 7) is 7.19. The van der Waals surface area contributed by atoms with E-state index in [2.05, 4.69) is 5.32 Å². The number of hydrogen-bond acceptors (Lipinski definition) is 4. The van der Waals surface area contributed by atoms with E-state index in [4.69, 9.17) is 10.5 Å². The van der Waals surface area contributed by atoms with Crippen LogP contribution >= 0.6 is 0 Å². The van der Waals surface area contributed by atoms with Gasteiger partial charge in [-0.1, -0.05) is 6.92 Å². The van der Waals surface area contributed by atoms with Crippen molar-refractivity contribution in [2.45, 2.75) is 71.1 Å². The van der Waals surface area contributed by atoms with Crippen LogP contribution in [0.2, 0.25) is 0 Å². The molecule has 0 aromatic heterocycles. The number of carbonyl (C=O) groups is 2. The summed E-state index contributed by atoms with van der Waals surface area (Å²) < 4.78 is 5.20. The van der Waals surface area contributed by atoms with Gasteiger partial charge in [-0.05, 0) is 46.5 Å². The second-order valence-electron chi connectivity index (χ2n) is 6.60. The Balaban J connectivity index is 2.73. The van der Waals surface area contributed by atoms with Crippen molar-refractivity contribution in [1.82, 2.24) is 5.32 Å². The molecular formula is C14H26N2O4. The first-order valence-corrected chi connectivity index (χ1v) is 7.08. The van der Waals surface area contributed by atoms with Gasteiger partial charge in [-0.15, -0.1) is 0 Å². The van der Waals surface area contributed by atoms with Crippen molar-refractivity contribution < 1.29 is 19.4 Å². The van der Waals surface area contributed by atoms with Crippen molar-refractivity contribution in [2.24, 2.45) is 11.1 Å². The second-order valence-corrected chi connectivity index (χ2v) is 6.60. The van der Waals surface area contributed by atoms with Crippen LogP contribution < -0.4 is 11.1 Å². The highest BCUT2D eigenvalue weighted by atomic mass is 16.6. The minimum atomic E-state index is -0.817. The fourth-order valence-corrected chi connectivity index (χ4v) is 2.60. The molecule has 116 valence electrons. The molecule has 4 N–H and O–H groups in total. The minimum Gasteiger partial charge on any atom is -0.481 e. The second kappa shape index (κ2) is 5.99. The van der Waals surface area contributed by atoms with Crippen molar-refractivity contribution in [3.63, 3.8) is 0 Å². The van der Waals surface area contributed by atoms with Gasteiger partial charge >= 0.3 is 12.1 Å². The van der Waals surface area contributed by atoms with Crippen LogP contribution in [0.5, 0.6) is 0 Å². The quantitative estimate of drug-likeness (QED) is 0.735. The Hall–Kier alpha value is -1.30. The third kappa shape index (κ3) is 4.10. The smallest absolute Gasteiger partial charge is 0.407 e. The van der Waals surface area contributed by atoms with Gasteiger partial charge < -0.3 is 20.9 Å². The summed E-state index contributed by atoms with van der Waals surface area (Å²) in [5.74, 6) is -0.817. The lowest BCUT2D eigenvalue weighted by Crippen LogP contribution is -2.56. The lowest BCUT2D eigenvalue weighted by Gasteiger charge is -2.40. The molecule has 0 heterocycles. The fraction of sp³-hybridized carbons (Fsp3) is 0.857. The number of alkyl carbamates (subject to hydrolysis) is 1. The lowest BCUT2D eigenvalue weighted by atomic mass is 9.69. The standard InChI is InChI=1S/C14H26N2O4/c1-5-14(11(17)18)7-6-9(15)10(8-14)16-12(19)20-13(2,3)4/h9-10H,5-8,15H2,1-4H3,(H,16,19)(H,17,18)/t9-,10+,14-/m0/s1. The molecule has 1 fully saturated rings. The Morgan fingerprint density at radius 1 is 1.45 bits per heavy atom. The van der Waals surface area contributed by atoms with Gasteiger partial charge in [0.05, 0.1) is 5.41 Å². The average molecular weight is 286 g/mol. The number of rotatable bonds is 3. The molecule has 6 nitrogen and oxygen atoms in total. The van der Waals surface area contributed by atoms with Crippen molar-refractivity contribution >= 4 is 12.1 Å². The number of carbonyl (C=O) groups excluding carboxylic acids is 1.